The zero-order valence-electron chi connectivity index (χ0n) is 16.3. The summed E-state index contributed by atoms with van der Waals surface area (Å²) >= 11 is 0. The van der Waals surface area contributed by atoms with Gasteiger partial charge in [0.2, 0.25) is 11.8 Å². The highest BCUT2D eigenvalue weighted by Gasteiger charge is 2.27. The first-order valence-corrected chi connectivity index (χ1v) is 9.67. The minimum atomic E-state index is -0.431. The van der Waals surface area contributed by atoms with Crippen LogP contribution in [0.25, 0.3) is 0 Å². The maximum Gasteiger partial charge on any atom is 0.245 e. The molecule has 0 aliphatic carbocycles. The molecule has 5 heteroatoms. The molecule has 1 fully saturated rings. The van der Waals surface area contributed by atoms with Crippen molar-refractivity contribution in [3.8, 4) is 0 Å². The minimum absolute atomic E-state index is 0.0225. The van der Waals surface area contributed by atoms with E-state index in [9.17, 15) is 9.59 Å². The van der Waals surface area contributed by atoms with E-state index < -0.39 is 6.04 Å². The lowest BCUT2D eigenvalue weighted by Crippen LogP contribution is -2.52. The molecule has 0 bridgehead atoms. The largest absolute Gasteiger partial charge is 0.378 e. The maximum absolute atomic E-state index is 12.8. The first kappa shape index (κ1) is 20.4. The number of carbonyl (C=O) groups is 2. The molecule has 144 valence electrons. The van der Waals surface area contributed by atoms with Crippen LogP contribution in [0.1, 0.15) is 44.2 Å². The highest BCUT2D eigenvalue weighted by Crippen LogP contribution is 2.12. The van der Waals surface area contributed by atoms with Crippen LogP contribution < -0.4 is 5.32 Å². The molecule has 0 saturated carbocycles. The Kier molecular flexibility index (Phi) is 8.10. The number of rotatable bonds is 8. The van der Waals surface area contributed by atoms with Crippen molar-refractivity contribution < 1.29 is 14.3 Å². The fourth-order valence-electron chi connectivity index (χ4n) is 3.29. The summed E-state index contributed by atoms with van der Waals surface area (Å²) in [5, 5.41) is 2.98. The Bertz CT molecular complexity index is 595. The van der Waals surface area contributed by atoms with E-state index in [4.69, 9.17) is 4.74 Å². The molecule has 0 aromatic heterocycles. The number of nitrogens with one attached hydrogen (secondary N) is 1. The molecule has 1 aromatic rings. The minimum Gasteiger partial charge on any atom is -0.378 e. The van der Waals surface area contributed by atoms with Gasteiger partial charge in [-0.3, -0.25) is 9.59 Å². The summed E-state index contributed by atoms with van der Waals surface area (Å²) in [5.41, 5.74) is 2.54. The van der Waals surface area contributed by atoms with Crippen LogP contribution in [-0.4, -0.2) is 49.1 Å². The lowest BCUT2D eigenvalue weighted by molar-refractivity contribution is -0.140. The molecule has 1 atom stereocenters. The molecule has 1 heterocycles. The van der Waals surface area contributed by atoms with Gasteiger partial charge in [-0.25, -0.2) is 0 Å². The van der Waals surface area contributed by atoms with Crippen molar-refractivity contribution >= 4 is 11.8 Å². The fraction of sp³-hybridized carbons (Fsp3) is 0.619. The highest BCUT2D eigenvalue weighted by atomic mass is 16.5. The zero-order chi connectivity index (χ0) is 18.9. The monoisotopic (exact) mass is 360 g/mol. The van der Waals surface area contributed by atoms with Crippen LogP contribution in [0, 0.1) is 12.8 Å². The van der Waals surface area contributed by atoms with Crippen molar-refractivity contribution in [2.75, 3.05) is 26.3 Å². The van der Waals surface area contributed by atoms with E-state index in [1.54, 1.807) is 0 Å². The van der Waals surface area contributed by atoms with Gasteiger partial charge in [0.15, 0.2) is 0 Å². The van der Waals surface area contributed by atoms with Gasteiger partial charge in [0, 0.05) is 19.5 Å². The summed E-state index contributed by atoms with van der Waals surface area (Å²) in [5.74, 6) is 0.331. The number of aryl methyl sites for hydroxylation is 2. The van der Waals surface area contributed by atoms with Crippen LogP contribution in [0.2, 0.25) is 0 Å². The smallest absolute Gasteiger partial charge is 0.245 e. The number of ether oxygens (including phenoxy) is 1. The van der Waals surface area contributed by atoms with Gasteiger partial charge in [0.25, 0.3) is 0 Å². The Morgan fingerprint density at radius 1 is 1.19 bits per heavy atom. The SMILES string of the molecule is Cc1ccccc1CCCC(=O)NC(CC(C)C)C(=O)N1CCOCC1. The zero-order valence-corrected chi connectivity index (χ0v) is 16.3. The predicted molar refractivity (Wildman–Crippen MR) is 103 cm³/mol. The van der Waals surface area contributed by atoms with Gasteiger partial charge in [0.05, 0.1) is 13.2 Å². The highest BCUT2D eigenvalue weighted by molar-refractivity contribution is 5.87. The number of benzene rings is 1. The van der Waals surface area contributed by atoms with Crippen molar-refractivity contribution in [2.24, 2.45) is 5.92 Å². The van der Waals surface area contributed by atoms with E-state index in [0.29, 0.717) is 45.1 Å². The molecule has 5 nitrogen and oxygen atoms in total. The van der Waals surface area contributed by atoms with Crippen LogP contribution in [-0.2, 0) is 20.7 Å². The third-order valence-electron chi connectivity index (χ3n) is 4.77. The number of hydrogen-bond donors (Lipinski definition) is 1. The molecule has 1 aromatic carbocycles. The molecule has 2 amide bonds. The molecule has 0 spiro atoms. The number of nitrogens with zero attached hydrogens (tertiary/aromatic N) is 1. The molecule has 1 aliphatic heterocycles. The second-order valence-corrected chi connectivity index (χ2v) is 7.47. The molecule has 0 radical (unpaired) electrons. The summed E-state index contributed by atoms with van der Waals surface area (Å²) in [6.45, 7) is 8.60. The van der Waals surface area contributed by atoms with Crippen molar-refractivity contribution in [2.45, 2.75) is 52.5 Å². The Hall–Kier alpha value is -1.88. The van der Waals surface area contributed by atoms with E-state index in [0.717, 1.165) is 12.8 Å². The lowest BCUT2D eigenvalue weighted by Gasteiger charge is -2.31. The summed E-state index contributed by atoms with van der Waals surface area (Å²) in [6, 6.07) is 7.83. The Labute approximate surface area is 157 Å². The number of morpholine rings is 1. The van der Waals surface area contributed by atoms with Gasteiger partial charge in [-0.1, -0.05) is 38.1 Å². The molecule has 1 unspecified atom stereocenters. The standard InChI is InChI=1S/C21H32N2O3/c1-16(2)15-19(21(25)23-11-13-26-14-12-23)22-20(24)10-6-9-18-8-5-4-7-17(18)3/h4-5,7-8,16,19H,6,9-15H2,1-3H3,(H,22,24). The number of carbonyl (C=O) groups excluding carboxylic acids is 2. The fourth-order valence-corrected chi connectivity index (χ4v) is 3.29. The summed E-state index contributed by atoms with van der Waals surface area (Å²) in [7, 11) is 0. The van der Waals surface area contributed by atoms with Crippen molar-refractivity contribution in [1.29, 1.82) is 0 Å². The van der Waals surface area contributed by atoms with Gasteiger partial charge in [-0.15, -0.1) is 0 Å². The topological polar surface area (TPSA) is 58.6 Å². The predicted octanol–water partition coefficient (Wildman–Crippen LogP) is 2.71. The molecule has 1 aliphatic rings. The first-order valence-electron chi connectivity index (χ1n) is 9.67. The molecule has 2 rings (SSSR count). The van der Waals surface area contributed by atoms with Gasteiger partial charge >= 0.3 is 0 Å². The van der Waals surface area contributed by atoms with Crippen LogP contribution in [0.4, 0.5) is 0 Å². The average Bonchev–Trinajstić information content (AvgIpc) is 2.62. The molecule has 1 saturated heterocycles. The van der Waals surface area contributed by atoms with Crippen LogP contribution in [0.15, 0.2) is 24.3 Å². The van der Waals surface area contributed by atoms with E-state index in [1.807, 2.05) is 17.0 Å². The van der Waals surface area contributed by atoms with Crippen molar-refractivity contribution in [3.63, 3.8) is 0 Å². The van der Waals surface area contributed by atoms with E-state index in [2.05, 4.69) is 38.2 Å². The van der Waals surface area contributed by atoms with Gasteiger partial charge in [-0.05, 0) is 43.2 Å². The maximum atomic E-state index is 12.8. The Balaban J connectivity index is 1.85. The number of amides is 2. The van der Waals surface area contributed by atoms with E-state index in [1.165, 1.54) is 11.1 Å². The second kappa shape index (κ2) is 10.3. The van der Waals surface area contributed by atoms with Gasteiger partial charge in [0.1, 0.15) is 6.04 Å². The third-order valence-corrected chi connectivity index (χ3v) is 4.77. The van der Waals surface area contributed by atoms with E-state index in [-0.39, 0.29) is 11.8 Å². The van der Waals surface area contributed by atoms with Gasteiger partial charge < -0.3 is 15.0 Å². The van der Waals surface area contributed by atoms with E-state index >= 15 is 0 Å². The second-order valence-electron chi connectivity index (χ2n) is 7.47. The van der Waals surface area contributed by atoms with Gasteiger partial charge in [-0.2, -0.15) is 0 Å². The average molecular weight is 360 g/mol. The first-order chi connectivity index (χ1) is 12.5. The quantitative estimate of drug-likeness (QED) is 0.775. The summed E-state index contributed by atoms with van der Waals surface area (Å²) in [6.07, 6.45) is 2.78. The molecular weight excluding hydrogens is 328 g/mol. The summed E-state index contributed by atoms with van der Waals surface area (Å²) in [4.78, 5) is 27.0. The molecule has 26 heavy (non-hydrogen) atoms. The molecule has 1 N–H and O–H groups in total. The summed E-state index contributed by atoms with van der Waals surface area (Å²) < 4.78 is 5.32. The van der Waals surface area contributed by atoms with Crippen LogP contribution >= 0.6 is 0 Å². The Morgan fingerprint density at radius 2 is 1.88 bits per heavy atom. The lowest BCUT2D eigenvalue weighted by atomic mass is 10.0. The van der Waals surface area contributed by atoms with Crippen molar-refractivity contribution in [3.05, 3.63) is 35.4 Å². The Morgan fingerprint density at radius 3 is 2.54 bits per heavy atom. The number of hydrogen-bond acceptors (Lipinski definition) is 3. The van der Waals surface area contributed by atoms with Crippen LogP contribution in [0.3, 0.4) is 0 Å². The molecular formula is C21H32N2O3. The normalized spacial score (nSPS) is 15.8. The van der Waals surface area contributed by atoms with Crippen LogP contribution in [0.5, 0.6) is 0 Å². The third kappa shape index (κ3) is 6.45. The van der Waals surface area contributed by atoms with Crippen molar-refractivity contribution in [1.82, 2.24) is 10.2 Å².